The van der Waals surface area contributed by atoms with Crippen molar-refractivity contribution in [2.45, 2.75) is 4.90 Å². The summed E-state index contributed by atoms with van der Waals surface area (Å²) in [6.07, 6.45) is 1.41. The van der Waals surface area contributed by atoms with E-state index in [1.807, 2.05) is 0 Å². The van der Waals surface area contributed by atoms with Gasteiger partial charge in [-0.2, -0.15) is 5.10 Å². The van der Waals surface area contributed by atoms with E-state index in [4.69, 9.17) is 23.2 Å². The molecule has 1 amide bonds. The van der Waals surface area contributed by atoms with Crippen LogP contribution in [0.25, 0.3) is 0 Å². The second-order valence-electron chi connectivity index (χ2n) is 5.86. The number of carbonyl (C=O) groups excluding carboxylic acids is 1. The second kappa shape index (κ2) is 9.09. The van der Waals surface area contributed by atoms with Crippen molar-refractivity contribution in [2.24, 2.45) is 5.10 Å². The first-order valence-corrected chi connectivity index (χ1v) is 10.6. The zero-order valence-electron chi connectivity index (χ0n) is 14.8. The van der Waals surface area contributed by atoms with Crippen molar-refractivity contribution >= 4 is 51.0 Å². The van der Waals surface area contributed by atoms with E-state index < -0.39 is 15.9 Å². The van der Waals surface area contributed by atoms with Gasteiger partial charge in [-0.15, -0.1) is 0 Å². The molecule has 0 saturated heterocycles. The molecule has 0 bridgehead atoms. The van der Waals surface area contributed by atoms with Gasteiger partial charge in [-0.05, 0) is 48.5 Å². The van der Waals surface area contributed by atoms with Crippen LogP contribution in [0.5, 0.6) is 0 Å². The molecule has 29 heavy (non-hydrogen) atoms. The predicted octanol–water partition coefficient (Wildman–Crippen LogP) is 4.56. The third-order valence-electron chi connectivity index (χ3n) is 3.78. The summed E-state index contributed by atoms with van der Waals surface area (Å²) in [6.45, 7) is 0. The van der Waals surface area contributed by atoms with Gasteiger partial charge in [-0.25, -0.2) is 13.8 Å². The van der Waals surface area contributed by atoms with E-state index in [0.29, 0.717) is 21.3 Å². The molecule has 0 unspecified atom stereocenters. The third kappa shape index (κ3) is 5.57. The van der Waals surface area contributed by atoms with Gasteiger partial charge in [0.2, 0.25) is 0 Å². The van der Waals surface area contributed by atoms with Crippen LogP contribution in [0.4, 0.5) is 5.69 Å². The zero-order valence-corrected chi connectivity index (χ0v) is 17.2. The third-order valence-corrected chi connectivity index (χ3v) is 5.75. The molecule has 9 heteroatoms. The SMILES string of the molecule is O=C(NN=Cc1ccccc1Cl)c1cccc(S(=O)(=O)Nc2ccc(Cl)cc2)c1. The van der Waals surface area contributed by atoms with Crippen LogP contribution in [0.3, 0.4) is 0 Å². The van der Waals surface area contributed by atoms with Crippen LogP contribution in [0, 0.1) is 0 Å². The van der Waals surface area contributed by atoms with Gasteiger partial charge in [-0.1, -0.05) is 47.5 Å². The van der Waals surface area contributed by atoms with E-state index in [9.17, 15) is 13.2 Å². The topological polar surface area (TPSA) is 87.6 Å². The van der Waals surface area contributed by atoms with Gasteiger partial charge in [0.1, 0.15) is 0 Å². The number of sulfonamides is 1. The Morgan fingerprint density at radius 2 is 1.66 bits per heavy atom. The fourth-order valence-electron chi connectivity index (χ4n) is 2.34. The first-order chi connectivity index (χ1) is 13.8. The molecule has 3 rings (SSSR count). The number of amides is 1. The second-order valence-corrected chi connectivity index (χ2v) is 8.39. The zero-order chi connectivity index (χ0) is 20.9. The summed E-state index contributed by atoms with van der Waals surface area (Å²) in [7, 11) is -3.88. The Balaban J connectivity index is 1.73. The summed E-state index contributed by atoms with van der Waals surface area (Å²) in [6, 6.07) is 18.9. The fraction of sp³-hybridized carbons (Fsp3) is 0. The Hall–Kier alpha value is -2.87. The Bertz CT molecular complexity index is 1160. The lowest BCUT2D eigenvalue weighted by atomic mass is 10.2. The monoisotopic (exact) mass is 447 g/mol. The van der Waals surface area contributed by atoms with Crippen molar-refractivity contribution in [3.8, 4) is 0 Å². The van der Waals surface area contributed by atoms with E-state index in [-0.39, 0.29) is 10.5 Å². The molecule has 0 spiro atoms. The Labute approximate surface area is 178 Å². The predicted molar refractivity (Wildman–Crippen MR) is 115 cm³/mol. The standard InChI is InChI=1S/C20H15Cl2N3O3S/c21-16-8-10-17(11-9-16)25-29(27,28)18-6-3-5-14(12-18)20(26)24-23-13-15-4-1-2-7-19(15)22/h1-13,25H,(H,24,26). The van der Waals surface area contributed by atoms with Crippen LogP contribution in [-0.4, -0.2) is 20.5 Å². The van der Waals surface area contributed by atoms with E-state index >= 15 is 0 Å². The molecule has 2 N–H and O–H groups in total. The number of hydrogen-bond donors (Lipinski definition) is 2. The minimum atomic E-state index is -3.88. The fourth-order valence-corrected chi connectivity index (χ4v) is 3.76. The van der Waals surface area contributed by atoms with Crippen LogP contribution in [0.15, 0.2) is 82.8 Å². The molecule has 148 valence electrons. The maximum absolute atomic E-state index is 12.6. The maximum atomic E-state index is 12.6. The summed E-state index contributed by atoms with van der Waals surface area (Å²) >= 11 is 11.8. The number of anilines is 1. The van der Waals surface area contributed by atoms with Crippen molar-refractivity contribution < 1.29 is 13.2 Å². The number of halogens is 2. The molecule has 0 heterocycles. The smallest absolute Gasteiger partial charge is 0.271 e. The van der Waals surface area contributed by atoms with Crippen LogP contribution < -0.4 is 10.1 Å². The average Bonchev–Trinajstić information content (AvgIpc) is 2.71. The normalized spacial score (nSPS) is 11.4. The molecule has 0 radical (unpaired) electrons. The van der Waals surface area contributed by atoms with Crippen LogP contribution >= 0.6 is 23.2 Å². The lowest BCUT2D eigenvalue weighted by Crippen LogP contribution is -2.19. The molecule has 3 aromatic rings. The number of benzene rings is 3. The molecule has 0 aromatic heterocycles. The number of nitrogens with one attached hydrogen (secondary N) is 2. The molecule has 0 aliphatic rings. The highest BCUT2D eigenvalue weighted by atomic mass is 35.5. The average molecular weight is 448 g/mol. The summed E-state index contributed by atoms with van der Waals surface area (Å²) in [5, 5.41) is 4.84. The molecular formula is C20H15Cl2N3O3S. The van der Waals surface area contributed by atoms with Gasteiger partial charge in [0.25, 0.3) is 15.9 Å². The molecule has 0 atom stereocenters. The lowest BCUT2D eigenvalue weighted by Gasteiger charge is -2.09. The highest BCUT2D eigenvalue weighted by Gasteiger charge is 2.16. The Kier molecular flexibility index (Phi) is 6.53. The number of hydrogen-bond acceptors (Lipinski definition) is 4. The highest BCUT2D eigenvalue weighted by Crippen LogP contribution is 2.19. The van der Waals surface area contributed by atoms with Crippen molar-refractivity contribution in [2.75, 3.05) is 4.72 Å². The van der Waals surface area contributed by atoms with Gasteiger partial charge < -0.3 is 0 Å². The van der Waals surface area contributed by atoms with Crippen molar-refractivity contribution in [1.82, 2.24) is 5.43 Å². The molecule has 3 aromatic carbocycles. The first-order valence-electron chi connectivity index (χ1n) is 8.31. The van der Waals surface area contributed by atoms with E-state index in [2.05, 4.69) is 15.2 Å². The van der Waals surface area contributed by atoms with E-state index in [1.54, 1.807) is 48.5 Å². The van der Waals surface area contributed by atoms with Gasteiger partial charge in [0.05, 0.1) is 11.1 Å². The van der Waals surface area contributed by atoms with Crippen LogP contribution in [0.2, 0.25) is 10.0 Å². The van der Waals surface area contributed by atoms with Gasteiger partial charge >= 0.3 is 0 Å². The molecular weight excluding hydrogens is 433 g/mol. The summed E-state index contributed by atoms with van der Waals surface area (Å²) in [5.74, 6) is -0.558. The largest absolute Gasteiger partial charge is 0.280 e. The molecule has 6 nitrogen and oxygen atoms in total. The first kappa shape index (κ1) is 20.9. The van der Waals surface area contributed by atoms with Crippen LogP contribution in [-0.2, 0) is 10.0 Å². The number of nitrogens with zero attached hydrogens (tertiary/aromatic N) is 1. The summed E-state index contributed by atoms with van der Waals surface area (Å²) in [4.78, 5) is 12.2. The Morgan fingerprint density at radius 3 is 2.38 bits per heavy atom. The summed E-state index contributed by atoms with van der Waals surface area (Å²) in [5.41, 5.74) is 3.48. The Morgan fingerprint density at radius 1 is 0.931 bits per heavy atom. The number of rotatable bonds is 6. The summed E-state index contributed by atoms with van der Waals surface area (Å²) < 4.78 is 27.6. The highest BCUT2D eigenvalue weighted by molar-refractivity contribution is 7.92. The molecule has 0 fully saturated rings. The van der Waals surface area contributed by atoms with Crippen molar-refractivity contribution in [1.29, 1.82) is 0 Å². The quantitative estimate of drug-likeness (QED) is 0.428. The van der Waals surface area contributed by atoms with Gasteiger partial charge in [-0.3, -0.25) is 9.52 Å². The maximum Gasteiger partial charge on any atom is 0.271 e. The lowest BCUT2D eigenvalue weighted by molar-refractivity contribution is 0.0955. The molecule has 0 aliphatic heterocycles. The minimum absolute atomic E-state index is 0.0600. The van der Waals surface area contributed by atoms with E-state index in [1.165, 1.54) is 30.5 Å². The van der Waals surface area contributed by atoms with Gasteiger partial charge in [0, 0.05) is 26.9 Å². The molecule has 0 saturated carbocycles. The number of carbonyl (C=O) groups is 1. The van der Waals surface area contributed by atoms with E-state index in [0.717, 1.165) is 0 Å². The van der Waals surface area contributed by atoms with Crippen LogP contribution in [0.1, 0.15) is 15.9 Å². The van der Waals surface area contributed by atoms with Crippen molar-refractivity contribution in [3.63, 3.8) is 0 Å². The van der Waals surface area contributed by atoms with Crippen molar-refractivity contribution in [3.05, 3.63) is 94.0 Å². The molecule has 0 aliphatic carbocycles. The minimum Gasteiger partial charge on any atom is -0.280 e. The number of hydrazone groups is 1. The van der Waals surface area contributed by atoms with Gasteiger partial charge in [0.15, 0.2) is 0 Å².